The van der Waals surface area contributed by atoms with E-state index in [9.17, 15) is 4.79 Å². The zero-order valence-electron chi connectivity index (χ0n) is 10.0. The maximum Gasteiger partial charge on any atom is 0.253 e. The molecule has 0 radical (unpaired) electrons. The molecule has 1 aliphatic rings. The topological polar surface area (TPSA) is 64.3 Å². The second-order valence-corrected chi connectivity index (χ2v) is 4.44. The van der Waals surface area contributed by atoms with E-state index >= 15 is 0 Å². The van der Waals surface area contributed by atoms with Gasteiger partial charge in [-0.05, 0) is 43.9 Å². The van der Waals surface area contributed by atoms with Crippen molar-refractivity contribution in [2.75, 3.05) is 17.7 Å². The first-order valence-electron chi connectivity index (χ1n) is 5.95. The van der Waals surface area contributed by atoms with E-state index in [0.29, 0.717) is 18.0 Å². The molecule has 1 unspecified atom stereocenters. The third-order valence-corrected chi connectivity index (χ3v) is 2.94. The molecule has 1 aliphatic heterocycles. The molecular formula is C13H18N2O2. The van der Waals surface area contributed by atoms with E-state index in [4.69, 9.17) is 10.5 Å². The number of rotatable bonds is 2. The highest BCUT2D eigenvalue weighted by Gasteiger charge is 2.22. The van der Waals surface area contributed by atoms with E-state index in [2.05, 4.69) is 5.32 Å². The lowest BCUT2D eigenvalue weighted by Gasteiger charge is -2.22. The monoisotopic (exact) mass is 234 g/mol. The van der Waals surface area contributed by atoms with Gasteiger partial charge in [0.15, 0.2) is 0 Å². The van der Waals surface area contributed by atoms with Gasteiger partial charge in [-0.25, -0.2) is 0 Å². The number of hydrogen-bond acceptors (Lipinski definition) is 3. The van der Waals surface area contributed by atoms with Crippen LogP contribution in [0.4, 0.5) is 11.4 Å². The van der Waals surface area contributed by atoms with Gasteiger partial charge in [0.1, 0.15) is 6.10 Å². The highest BCUT2D eigenvalue weighted by molar-refractivity contribution is 5.96. The van der Waals surface area contributed by atoms with Gasteiger partial charge < -0.3 is 15.8 Å². The lowest BCUT2D eigenvalue weighted by molar-refractivity contribution is -0.129. The van der Waals surface area contributed by atoms with E-state index in [0.717, 1.165) is 24.8 Å². The summed E-state index contributed by atoms with van der Waals surface area (Å²) in [4.78, 5) is 11.9. The van der Waals surface area contributed by atoms with Gasteiger partial charge in [0, 0.05) is 6.61 Å². The molecule has 2 rings (SSSR count). The molecule has 0 aromatic heterocycles. The van der Waals surface area contributed by atoms with Crippen molar-refractivity contribution >= 4 is 17.3 Å². The Bertz CT molecular complexity index is 412. The van der Waals surface area contributed by atoms with Gasteiger partial charge in [-0.1, -0.05) is 6.07 Å². The molecule has 1 aromatic rings. The largest absolute Gasteiger partial charge is 0.397 e. The maximum atomic E-state index is 11.9. The molecule has 1 atom stereocenters. The Hall–Kier alpha value is -1.55. The summed E-state index contributed by atoms with van der Waals surface area (Å²) in [7, 11) is 0. The second-order valence-electron chi connectivity index (χ2n) is 4.44. The predicted octanol–water partition coefficient (Wildman–Crippen LogP) is 2.08. The fourth-order valence-corrected chi connectivity index (χ4v) is 1.96. The van der Waals surface area contributed by atoms with Crippen LogP contribution in [-0.4, -0.2) is 18.6 Å². The number of benzene rings is 1. The summed E-state index contributed by atoms with van der Waals surface area (Å²) < 4.78 is 5.42. The molecule has 0 spiro atoms. The number of amides is 1. The van der Waals surface area contributed by atoms with Crippen LogP contribution in [0.3, 0.4) is 0 Å². The van der Waals surface area contributed by atoms with Crippen LogP contribution in [0.5, 0.6) is 0 Å². The molecule has 1 fully saturated rings. The molecule has 3 N–H and O–H groups in total. The minimum absolute atomic E-state index is 0.0970. The van der Waals surface area contributed by atoms with Crippen molar-refractivity contribution in [3.05, 3.63) is 23.8 Å². The number of nitrogen functional groups attached to an aromatic ring is 1. The molecule has 4 nitrogen and oxygen atoms in total. The van der Waals surface area contributed by atoms with Gasteiger partial charge >= 0.3 is 0 Å². The van der Waals surface area contributed by atoms with Crippen LogP contribution >= 0.6 is 0 Å². The zero-order valence-corrected chi connectivity index (χ0v) is 10.0. The Kier molecular flexibility index (Phi) is 3.64. The first kappa shape index (κ1) is 11.9. The van der Waals surface area contributed by atoms with Crippen molar-refractivity contribution < 1.29 is 9.53 Å². The second kappa shape index (κ2) is 5.19. The summed E-state index contributed by atoms with van der Waals surface area (Å²) >= 11 is 0. The number of aryl methyl sites for hydroxylation is 1. The molecule has 1 heterocycles. The van der Waals surface area contributed by atoms with Gasteiger partial charge in [-0.2, -0.15) is 0 Å². The number of anilines is 2. The van der Waals surface area contributed by atoms with Crippen molar-refractivity contribution in [1.29, 1.82) is 0 Å². The molecule has 4 heteroatoms. The van der Waals surface area contributed by atoms with Crippen molar-refractivity contribution in [1.82, 2.24) is 0 Å². The van der Waals surface area contributed by atoms with Gasteiger partial charge in [0.25, 0.3) is 5.91 Å². The van der Waals surface area contributed by atoms with Crippen LogP contribution in [0.15, 0.2) is 18.2 Å². The predicted molar refractivity (Wildman–Crippen MR) is 67.8 cm³/mol. The molecule has 0 bridgehead atoms. The minimum Gasteiger partial charge on any atom is -0.397 e. The third kappa shape index (κ3) is 2.97. The van der Waals surface area contributed by atoms with Crippen molar-refractivity contribution in [3.63, 3.8) is 0 Å². The van der Waals surface area contributed by atoms with Crippen molar-refractivity contribution in [2.24, 2.45) is 0 Å². The Labute approximate surface area is 101 Å². The summed E-state index contributed by atoms with van der Waals surface area (Å²) in [5.41, 5.74) is 8.18. The Morgan fingerprint density at radius 1 is 1.47 bits per heavy atom. The average molecular weight is 234 g/mol. The van der Waals surface area contributed by atoms with Gasteiger partial charge in [-0.15, -0.1) is 0 Å². The summed E-state index contributed by atoms with van der Waals surface area (Å²) in [5.74, 6) is -0.0970. The van der Waals surface area contributed by atoms with Crippen LogP contribution < -0.4 is 11.1 Å². The van der Waals surface area contributed by atoms with Crippen LogP contribution in [0.25, 0.3) is 0 Å². The van der Waals surface area contributed by atoms with E-state index in [1.807, 2.05) is 25.1 Å². The Morgan fingerprint density at radius 2 is 2.29 bits per heavy atom. The number of nitrogens with one attached hydrogen (secondary N) is 1. The summed E-state index contributed by atoms with van der Waals surface area (Å²) in [5, 5.41) is 2.82. The quantitative estimate of drug-likeness (QED) is 0.770. The van der Waals surface area contributed by atoms with Crippen LogP contribution in [-0.2, 0) is 9.53 Å². The van der Waals surface area contributed by atoms with Gasteiger partial charge in [0.05, 0.1) is 11.4 Å². The van der Waals surface area contributed by atoms with Crippen molar-refractivity contribution in [2.45, 2.75) is 32.3 Å². The Morgan fingerprint density at radius 3 is 2.94 bits per heavy atom. The molecule has 0 aliphatic carbocycles. The lowest BCUT2D eigenvalue weighted by Crippen LogP contribution is -2.33. The fraction of sp³-hybridized carbons (Fsp3) is 0.462. The summed E-state index contributed by atoms with van der Waals surface area (Å²) in [6.07, 6.45) is 2.54. The summed E-state index contributed by atoms with van der Waals surface area (Å²) in [6, 6.07) is 5.59. The standard InChI is InChI=1S/C13H18N2O2/c1-9-5-6-11(10(14)8-9)15-13(16)12-4-2-3-7-17-12/h5-6,8,12H,2-4,7,14H2,1H3,(H,15,16). The van der Waals surface area contributed by atoms with Crippen molar-refractivity contribution in [3.8, 4) is 0 Å². The Balaban J connectivity index is 2.02. The molecule has 1 aromatic carbocycles. The van der Waals surface area contributed by atoms with Gasteiger partial charge in [-0.3, -0.25) is 4.79 Å². The first-order chi connectivity index (χ1) is 8.16. The molecule has 1 saturated heterocycles. The van der Waals surface area contributed by atoms with Crippen LogP contribution in [0.2, 0.25) is 0 Å². The summed E-state index contributed by atoms with van der Waals surface area (Å²) in [6.45, 7) is 2.63. The molecule has 1 amide bonds. The van der Waals surface area contributed by atoms with E-state index in [-0.39, 0.29) is 12.0 Å². The molecular weight excluding hydrogens is 216 g/mol. The van der Waals surface area contributed by atoms with Gasteiger partial charge in [0.2, 0.25) is 0 Å². The number of hydrogen-bond donors (Lipinski definition) is 2. The SMILES string of the molecule is Cc1ccc(NC(=O)C2CCCCO2)c(N)c1. The molecule has 92 valence electrons. The third-order valence-electron chi connectivity index (χ3n) is 2.94. The lowest BCUT2D eigenvalue weighted by atomic mass is 10.1. The average Bonchev–Trinajstić information content (AvgIpc) is 2.34. The highest BCUT2D eigenvalue weighted by Crippen LogP contribution is 2.21. The smallest absolute Gasteiger partial charge is 0.253 e. The molecule has 17 heavy (non-hydrogen) atoms. The zero-order chi connectivity index (χ0) is 12.3. The van der Waals surface area contributed by atoms with Crippen LogP contribution in [0.1, 0.15) is 24.8 Å². The van der Waals surface area contributed by atoms with Crippen LogP contribution in [0, 0.1) is 6.92 Å². The normalized spacial score (nSPS) is 19.9. The number of carbonyl (C=O) groups excluding carboxylic acids is 1. The fourth-order valence-electron chi connectivity index (χ4n) is 1.96. The van der Waals surface area contributed by atoms with E-state index in [1.165, 1.54) is 0 Å². The molecule has 0 saturated carbocycles. The number of carbonyl (C=O) groups is 1. The van der Waals surface area contributed by atoms with E-state index < -0.39 is 0 Å². The highest BCUT2D eigenvalue weighted by atomic mass is 16.5. The first-order valence-corrected chi connectivity index (χ1v) is 5.95. The van der Waals surface area contributed by atoms with E-state index in [1.54, 1.807) is 0 Å². The maximum absolute atomic E-state index is 11.9. The number of nitrogens with two attached hydrogens (primary N) is 1. The number of ether oxygens (including phenoxy) is 1. The minimum atomic E-state index is -0.329.